The summed E-state index contributed by atoms with van der Waals surface area (Å²) < 4.78 is 6.83. The Kier molecular flexibility index (Phi) is 7.15. The minimum absolute atomic E-state index is 0.0250. The number of anilines is 1. The van der Waals surface area contributed by atoms with E-state index in [1.54, 1.807) is 36.4 Å². The molecule has 3 N–H and O–H groups in total. The number of carbonyl (C=O) groups is 2. The van der Waals surface area contributed by atoms with Gasteiger partial charge in [0.15, 0.2) is 0 Å². The number of nitrogens with one attached hydrogen (secondary N) is 2. The largest absolute Gasteiger partial charge is 0.507 e. The predicted octanol–water partition coefficient (Wildman–Crippen LogP) is 5.14. The third-order valence-electron chi connectivity index (χ3n) is 5.99. The van der Waals surface area contributed by atoms with Crippen LogP contribution in [-0.4, -0.2) is 40.0 Å². The monoisotopic (exact) mass is 462 g/mol. The van der Waals surface area contributed by atoms with Crippen molar-refractivity contribution in [1.82, 2.24) is 15.1 Å². The zero-order chi connectivity index (χ0) is 24.1. The maximum atomic E-state index is 12.6. The zero-order valence-corrected chi connectivity index (χ0v) is 19.5. The quantitative estimate of drug-likeness (QED) is 0.451. The molecule has 2 amide bonds. The number of nitrogens with zero attached hydrogens (tertiary/aromatic N) is 2. The van der Waals surface area contributed by atoms with Gasteiger partial charge in [0.2, 0.25) is 0 Å². The molecule has 0 bridgehead atoms. The SMILES string of the molecule is CCNC(=O)n1nc(-c2ccc(NC(=O)c3ccc(OCC)cc3)cc2O)cc1C1CCCC1. The van der Waals surface area contributed by atoms with E-state index in [0.717, 1.165) is 31.4 Å². The molecule has 8 nitrogen and oxygen atoms in total. The van der Waals surface area contributed by atoms with Crippen LogP contribution < -0.4 is 15.4 Å². The third-order valence-corrected chi connectivity index (χ3v) is 5.99. The van der Waals surface area contributed by atoms with Gasteiger partial charge >= 0.3 is 6.03 Å². The van der Waals surface area contributed by atoms with Crippen molar-refractivity contribution < 1.29 is 19.4 Å². The van der Waals surface area contributed by atoms with Crippen molar-refractivity contribution in [1.29, 1.82) is 0 Å². The van der Waals surface area contributed by atoms with E-state index in [4.69, 9.17) is 4.74 Å². The lowest BCUT2D eigenvalue weighted by Gasteiger charge is -2.11. The van der Waals surface area contributed by atoms with Gasteiger partial charge in [-0.25, -0.2) is 4.79 Å². The van der Waals surface area contributed by atoms with Crippen LogP contribution in [0.15, 0.2) is 48.5 Å². The maximum Gasteiger partial charge on any atom is 0.342 e. The summed E-state index contributed by atoms with van der Waals surface area (Å²) in [5, 5.41) is 20.8. The Balaban J connectivity index is 1.55. The molecule has 0 saturated heterocycles. The van der Waals surface area contributed by atoms with Gasteiger partial charge in [0.25, 0.3) is 5.91 Å². The molecule has 1 fully saturated rings. The molecule has 2 aromatic carbocycles. The van der Waals surface area contributed by atoms with Crippen LogP contribution in [0.3, 0.4) is 0 Å². The molecule has 0 spiro atoms. The molecule has 1 aliphatic carbocycles. The average molecular weight is 463 g/mol. The molecular weight excluding hydrogens is 432 g/mol. The van der Waals surface area contributed by atoms with Crippen LogP contribution in [0.25, 0.3) is 11.3 Å². The molecule has 8 heteroatoms. The zero-order valence-electron chi connectivity index (χ0n) is 19.5. The normalized spacial score (nSPS) is 13.6. The minimum Gasteiger partial charge on any atom is -0.507 e. The van der Waals surface area contributed by atoms with E-state index in [1.807, 2.05) is 19.9 Å². The fourth-order valence-corrected chi connectivity index (χ4v) is 4.33. The van der Waals surface area contributed by atoms with Gasteiger partial charge in [-0.1, -0.05) is 12.8 Å². The van der Waals surface area contributed by atoms with Crippen molar-refractivity contribution >= 4 is 17.6 Å². The topological polar surface area (TPSA) is 105 Å². The maximum absolute atomic E-state index is 12.6. The number of amides is 2. The van der Waals surface area contributed by atoms with Crippen molar-refractivity contribution in [3.8, 4) is 22.8 Å². The van der Waals surface area contributed by atoms with Crippen molar-refractivity contribution in [3.63, 3.8) is 0 Å². The highest BCUT2D eigenvalue weighted by Gasteiger charge is 2.25. The lowest BCUT2D eigenvalue weighted by Crippen LogP contribution is -2.30. The van der Waals surface area contributed by atoms with E-state index in [9.17, 15) is 14.7 Å². The number of rotatable bonds is 7. The highest BCUT2D eigenvalue weighted by molar-refractivity contribution is 6.04. The standard InChI is InChI=1S/C26H30N4O4/c1-3-27-26(33)30-23(17-7-5-6-8-17)16-22(29-30)21-14-11-19(15-24(21)31)28-25(32)18-9-12-20(13-10-18)34-4-2/h9-17,31H,3-8H2,1-2H3,(H,27,33)(H,28,32). The summed E-state index contributed by atoms with van der Waals surface area (Å²) >= 11 is 0. The van der Waals surface area contributed by atoms with Gasteiger partial charge in [0.05, 0.1) is 18.0 Å². The molecule has 178 valence electrons. The summed E-state index contributed by atoms with van der Waals surface area (Å²) in [6, 6.07) is 13.4. The van der Waals surface area contributed by atoms with E-state index in [1.165, 1.54) is 10.7 Å². The Morgan fingerprint density at radius 2 is 1.82 bits per heavy atom. The number of phenolic OH excluding ortho intramolecular Hbond substituents is 1. The molecule has 1 aliphatic rings. The smallest absolute Gasteiger partial charge is 0.342 e. The van der Waals surface area contributed by atoms with Crippen LogP contribution in [0, 0.1) is 0 Å². The average Bonchev–Trinajstić information content (AvgIpc) is 3.50. The number of aromatic nitrogens is 2. The summed E-state index contributed by atoms with van der Waals surface area (Å²) in [5.74, 6) is 0.658. The van der Waals surface area contributed by atoms with Gasteiger partial charge in [-0.05, 0) is 69.2 Å². The number of hydrogen-bond acceptors (Lipinski definition) is 5. The molecule has 0 aliphatic heterocycles. The second-order valence-corrected chi connectivity index (χ2v) is 8.33. The van der Waals surface area contributed by atoms with E-state index >= 15 is 0 Å². The number of phenols is 1. The Morgan fingerprint density at radius 3 is 2.47 bits per heavy atom. The summed E-state index contributed by atoms with van der Waals surface area (Å²) in [5.41, 5.74) is 2.83. The molecule has 3 aromatic rings. The predicted molar refractivity (Wildman–Crippen MR) is 131 cm³/mol. The molecule has 0 radical (unpaired) electrons. The van der Waals surface area contributed by atoms with Gasteiger partial charge < -0.3 is 20.5 Å². The Hall–Kier alpha value is -3.81. The lowest BCUT2D eigenvalue weighted by atomic mass is 10.0. The van der Waals surface area contributed by atoms with Crippen LogP contribution in [0.4, 0.5) is 10.5 Å². The van der Waals surface area contributed by atoms with E-state index in [-0.39, 0.29) is 23.6 Å². The number of ether oxygens (including phenoxy) is 1. The van der Waals surface area contributed by atoms with E-state index < -0.39 is 0 Å². The molecule has 1 aromatic heterocycles. The Labute approximate surface area is 198 Å². The summed E-state index contributed by atoms with van der Waals surface area (Å²) in [6.07, 6.45) is 4.31. The first kappa shape index (κ1) is 23.4. The molecule has 34 heavy (non-hydrogen) atoms. The molecule has 0 atom stereocenters. The van der Waals surface area contributed by atoms with Gasteiger partial charge in [-0.3, -0.25) is 4.79 Å². The molecule has 1 heterocycles. The first-order valence-electron chi connectivity index (χ1n) is 11.8. The number of carbonyl (C=O) groups excluding carboxylic acids is 2. The van der Waals surface area contributed by atoms with Gasteiger partial charge in [0, 0.05) is 35.3 Å². The molecular formula is C26H30N4O4. The lowest BCUT2D eigenvalue weighted by molar-refractivity contribution is 0.102. The minimum atomic E-state index is -0.292. The second-order valence-electron chi connectivity index (χ2n) is 8.33. The second kappa shape index (κ2) is 10.4. The number of benzene rings is 2. The van der Waals surface area contributed by atoms with Crippen molar-refractivity contribution in [2.75, 3.05) is 18.5 Å². The number of aromatic hydroxyl groups is 1. The van der Waals surface area contributed by atoms with Crippen LogP contribution in [-0.2, 0) is 0 Å². The van der Waals surface area contributed by atoms with Crippen LogP contribution in [0.1, 0.15) is 61.5 Å². The van der Waals surface area contributed by atoms with Crippen LogP contribution >= 0.6 is 0 Å². The van der Waals surface area contributed by atoms with Crippen molar-refractivity contribution in [2.24, 2.45) is 0 Å². The first-order chi connectivity index (χ1) is 16.5. The van der Waals surface area contributed by atoms with Crippen LogP contribution in [0.5, 0.6) is 11.5 Å². The van der Waals surface area contributed by atoms with Crippen molar-refractivity contribution in [2.45, 2.75) is 45.4 Å². The summed E-state index contributed by atoms with van der Waals surface area (Å²) in [7, 11) is 0. The van der Waals surface area contributed by atoms with Gasteiger partial charge in [-0.2, -0.15) is 9.78 Å². The first-order valence-corrected chi connectivity index (χ1v) is 11.8. The van der Waals surface area contributed by atoms with Gasteiger partial charge in [0.1, 0.15) is 11.5 Å². The fourth-order valence-electron chi connectivity index (χ4n) is 4.33. The van der Waals surface area contributed by atoms with Crippen LogP contribution in [0.2, 0.25) is 0 Å². The highest BCUT2D eigenvalue weighted by Crippen LogP contribution is 2.38. The van der Waals surface area contributed by atoms with Gasteiger partial charge in [-0.15, -0.1) is 0 Å². The third kappa shape index (κ3) is 5.06. The highest BCUT2D eigenvalue weighted by atomic mass is 16.5. The van der Waals surface area contributed by atoms with Crippen molar-refractivity contribution in [3.05, 3.63) is 59.8 Å². The number of hydrogen-bond donors (Lipinski definition) is 3. The Bertz CT molecular complexity index is 1160. The van der Waals surface area contributed by atoms with E-state index in [0.29, 0.717) is 41.4 Å². The fraction of sp³-hybridized carbons (Fsp3) is 0.346. The molecule has 1 saturated carbocycles. The molecule has 4 rings (SSSR count). The summed E-state index contributed by atoms with van der Waals surface area (Å²) in [6.45, 7) is 4.83. The molecule has 0 unspecified atom stereocenters. The van der Waals surface area contributed by atoms with E-state index in [2.05, 4.69) is 15.7 Å². The Morgan fingerprint density at radius 1 is 1.09 bits per heavy atom. The summed E-state index contributed by atoms with van der Waals surface area (Å²) in [4.78, 5) is 25.2.